The predicted molar refractivity (Wildman–Crippen MR) is 64.4 cm³/mol. The normalized spacial score (nSPS) is 22.5. The summed E-state index contributed by atoms with van der Waals surface area (Å²) in [6, 6.07) is 0. The van der Waals surface area contributed by atoms with E-state index in [9.17, 15) is 13.2 Å². The van der Waals surface area contributed by atoms with Gasteiger partial charge in [0.05, 0.1) is 17.2 Å². The molecule has 1 aliphatic heterocycles. The number of rotatable bonds is 4. The highest BCUT2D eigenvalue weighted by Crippen LogP contribution is 2.22. The van der Waals surface area contributed by atoms with Crippen molar-refractivity contribution in [3.8, 4) is 0 Å². The summed E-state index contributed by atoms with van der Waals surface area (Å²) in [7, 11) is -2.97. The van der Waals surface area contributed by atoms with E-state index in [1.165, 1.54) is 6.20 Å². The maximum Gasteiger partial charge on any atom is 0.347 e. The Labute approximate surface area is 103 Å². The number of nitrogens with zero attached hydrogens (tertiary/aromatic N) is 1. The first-order chi connectivity index (χ1) is 7.99. The van der Waals surface area contributed by atoms with Crippen LogP contribution in [0.4, 0.5) is 5.13 Å². The smallest absolute Gasteiger partial charge is 0.347 e. The Bertz CT molecular complexity index is 523. The van der Waals surface area contributed by atoms with Crippen LogP contribution >= 0.6 is 11.3 Å². The van der Waals surface area contributed by atoms with Crippen molar-refractivity contribution in [3.63, 3.8) is 0 Å². The fraction of sp³-hybridized carbons (Fsp3) is 0.556. The molecule has 1 saturated heterocycles. The summed E-state index contributed by atoms with van der Waals surface area (Å²) in [6.07, 6.45) is 2.62. The molecule has 17 heavy (non-hydrogen) atoms. The Balaban J connectivity index is 1.96. The summed E-state index contributed by atoms with van der Waals surface area (Å²) < 4.78 is 23.1. The standard InChI is InChI=1S/C9H12N2O4S2/c12-8(13)7-5-11-9(16-7)10-4-6-2-1-3-17(6,14)15/h5-6H,1-4H2,(H,10,11)(H,12,13). The van der Waals surface area contributed by atoms with Crippen molar-refractivity contribution in [2.45, 2.75) is 18.1 Å². The van der Waals surface area contributed by atoms with Crippen LogP contribution in [0.5, 0.6) is 0 Å². The number of aromatic nitrogens is 1. The first-order valence-corrected chi connectivity index (χ1v) is 7.67. The third-order valence-electron chi connectivity index (χ3n) is 2.66. The van der Waals surface area contributed by atoms with Gasteiger partial charge in [0.2, 0.25) is 0 Å². The second-order valence-corrected chi connectivity index (χ2v) is 7.28. The zero-order valence-electron chi connectivity index (χ0n) is 8.92. The number of thiazole rings is 1. The maximum absolute atomic E-state index is 11.5. The van der Waals surface area contributed by atoms with Crippen LogP contribution in [0.2, 0.25) is 0 Å². The second-order valence-electron chi connectivity index (χ2n) is 3.85. The van der Waals surface area contributed by atoms with Crippen molar-refractivity contribution in [2.24, 2.45) is 0 Å². The molecular formula is C9H12N2O4S2. The topological polar surface area (TPSA) is 96.4 Å². The Kier molecular flexibility index (Phi) is 3.34. The molecule has 6 nitrogen and oxygen atoms in total. The lowest BCUT2D eigenvalue weighted by Gasteiger charge is -2.09. The Morgan fingerprint density at radius 1 is 1.65 bits per heavy atom. The second kappa shape index (κ2) is 4.61. The van der Waals surface area contributed by atoms with Gasteiger partial charge < -0.3 is 10.4 Å². The molecular weight excluding hydrogens is 264 g/mol. The summed E-state index contributed by atoms with van der Waals surface area (Å²) in [4.78, 5) is 14.6. The van der Waals surface area contributed by atoms with E-state index >= 15 is 0 Å². The molecule has 0 aliphatic carbocycles. The van der Waals surface area contributed by atoms with Crippen LogP contribution in [-0.4, -0.2) is 42.0 Å². The summed E-state index contributed by atoms with van der Waals surface area (Å²) in [5.74, 6) is -0.776. The quantitative estimate of drug-likeness (QED) is 0.845. The van der Waals surface area contributed by atoms with E-state index in [0.29, 0.717) is 24.5 Å². The number of sulfone groups is 1. The average molecular weight is 276 g/mol. The van der Waals surface area contributed by atoms with Crippen molar-refractivity contribution >= 4 is 32.3 Å². The van der Waals surface area contributed by atoms with Gasteiger partial charge in [-0.15, -0.1) is 0 Å². The van der Waals surface area contributed by atoms with Gasteiger partial charge in [0.25, 0.3) is 0 Å². The van der Waals surface area contributed by atoms with E-state index < -0.39 is 15.8 Å². The van der Waals surface area contributed by atoms with Crippen molar-refractivity contribution < 1.29 is 18.3 Å². The monoisotopic (exact) mass is 276 g/mol. The van der Waals surface area contributed by atoms with Crippen molar-refractivity contribution in [2.75, 3.05) is 17.6 Å². The van der Waals surface area contributed by atoms with Crippen LogP contribution in [-0.2, 0) is 9.84 Å². The van der Waals surface area contributed by atoms with Crippen molar-refractivity contribution in [1.29, 1.82) is 0 Å². The van der Waals surface area contributed by atoms with Crippen LogP contribution in [0, 0.1) is 0 Å². The van der Waals surface area contributed by atoms with Gasteiger partial charge in [0, 0.05) is 6.54 Å². The van der Waals surface area contributed by atoms with Crippen LogP contribution in [0.3, 0.4) is 0 Å². The number of carbonyl (C=O) groups is 1. The molecule has 1 aromatic rings. The van der Waals surface area contributed by atoms with Gasteiger partial charge in [-0.25, -0.2) is 18.2 Å². The maximum atomic E-state index is 11.5. The zero-order valence-corrected chi connectivity index (χ0v) is 10.6. The van der Waals surface area contributed by atoms with E-state index in [2.05, 4.69) is 10.3 Å². The van der Waals surface area contributed by atoms with Crippen LogP contribution < -0.4 is 5.32 Å². The summed E-state index contributed by atoms with van der Waals surface area (Å²) >= 11 is 1.01. The minimum atomic E-state index is -2.97. The third-order valence-corrected chi connectivity index (χ3v) is 5.88. The van der Waals surface area contributed by atoms with Gasteiger partial charge in [-0.2, -0.15) is 0 Å². The highest BCUT2D eigenvalue weighted by Gasteiger charge is 2.31. The molecule has 1 aliphatic rings. The molecule has 0 aromatic carbocycles. The molecule has 2 heterocycles. The van der Waals surface area contributed by atoms with E-state index in [-0.39, 0.29) is 15.9 Å². The molecule has 8 heteroatoms. The lowest BCUT2D eigenvalue weighted by atomic mass is 10.2. The molecule has 0 saturated carbocycles. The van der Waals surface area contributed by atoms with Gasteiger partial charge in [-0.05, 0) is 12.8 Å². The summed E-state index contributed by atoms with van der Waals surface area (Å²) in [5.41, 5.74) is 0. The lowest BCUT2D eigenvalue weighted by molar-refractivity contribution is 0.0702. The number of carboxylic acids is 1. The fourth-order valence-electron chi connectivity index (χ4n) is 1.74. The van der Waals surface area contributed by atoms with Crippen LogP contribution in [0.1, 0.15) is 22.5 Å². The molecule has 2 rings (SSSR count). The number of anilines is 1. The largest absolute Gasteiger partial charge is 0.477 e. The minimum Gasteiger partial charge on any atom is -0.477 e. The van der Waals surface area contributed by atoms with Crippen LogP contribution in [0.15, 0.2) is 6.20 Å². The van der Waals surface area contributed by atoms with Gasteiger partial charge >= 0.3 is 5.97 Å². The minimum absolute atomic E-state index is 0.141. The van der Waals surface area contributed by atoms with E-state index in [1.807, 2.05) is 0 Å². The molecule has 0 bridgehead atoms. The summed E-state index contributed by atoms with van der Waals surface area (Å²) in [5, 5.41) is 11.7. The molecule has 94 valence electrons. The Morgan fingerprint density at radius 3 is 2.94 bits per heavy atom. The van der Waals surface area contributed by atoms with Crippen LogP contribution in [0.25, 0.3) is 0 Å². The van der Waals surface area contributed by atoms with E-state index in [4.69, 9.17) is 5.11 Å². The average Bonchev–Trinajstić information content (AvgIpc) is 2.81. The molecule has 1 atom stereocenters. The number of hydrogen-bond acceptors (Lipinski definition) is 6. The number of hydrogen-bond donors (Lipinski definition) is 2. The SMILES string of the molecule is O=C(O)c1cnc(NCC2CCCS2(=O)=O)s1. The van der Waals surface area contributed by atoms with Gasteiger partial charge in [-0.3, -0.25) is 0 Å². The first kappa shape index (κ1) is 12.3. The molecule has 1 fully saturated rings. The highest BCUT2D eigenvalue weighted by molar-refractivity contribution is 7.92. The van der Waals surface area contributed by atoms with Crippen molar-refractivity contribution in [1.82, 2.24) is 4.98 Å². The molecule has 0 spiro atoms. The summed E-state index contributed by atoms with van der Waals surface area (Å²) in [6.45, 7) is 0.301. The number of carboxylic acid groups (broad SMARTS) is 1. The van der Waals surface area contributed by atoms with Gasteiger partial charge in [0.1, 0.15) is 4.88 Å². The van der Waals surface area contributed by atoms with Gasteiger partial charge in [0.15, 0.2) is 15.0 Å². The molecule has 0 radical (unpaired) electrons. The third kappa shape index (κ3) is 2.75. The Morgan fingerprint density at radius 2 is 2.41 bits per heavy atom. The molecule has 1 aromatic heterocycles. The highest BCUT2D eigenvalue weighted by atomic mass is 32.2. The lowest BCUT2D eigenvalue weighted by Crippen LogP contribution is -2.24. The number of aromatic carboxylic acids is 1. The predicted octanol–water partition coefficient (Wildman–Crippen LogP) is 0.830. The Hall–Kier alpha value is -1.15. The number of nitrogens with one attached hydrogen (secondary N) is 1. The molecule has 0 amide bonds. The van der Waals surface area contributed by atoms with E-state index in [0.717, 1.165) is 11.3 Å². The van der Waals surface area contributed by atoms with Crippen molar-refractivity contribution in [3.05, 3.63) is 11.1 Å². The van der Waals surface area contributed by atoms with Gasteiger partial charge in [-0.1, -0.05) is 11.3 Å². The molecule has 2 N–H and O–H groups in total. The van der Waals surface area contributed by atoms with E-state index in [1.54, 1.807) is 0 Å². The fourth-order valence-corrected chi connectivity index (χ4v) is 4.17. The zero-order chi connectivity index (χ0) is 12.5. The first-order valence-electron chi connectivity index (χ1n) is 5.13. The molecule has 1 unspecified atom stereocenters.